The highest BCUT2D eigenvalue weighted by molar-refractivity contribution is 5.74. The zero-order valence-corrected chi connectivity index (χ0v) is 41.0. The largest absolute Gasteiger partial charge is 0.480 e. The Bertz CT molecular complexity index is 1290. The second kappa shape index (κ2) is 50.5. The quantitative estimate of drug-likeness (QED) is 0.0226. The van der Waals surface area contributed by atoms with E-state index in [1.54, 1.807) is 0 Å². The van der Waals surface area contributed by atoms with Gasteiger partial charge in [0.1, 0.15) is 0 Å². The normalized spacial score (nSPS) is 11.4. The minimum atomic E-state index is -1.24. The molecule has 0 aliphatic heterocycles. The lowest BCUT2D eigenvalue weighted by Gasteiger charge is -2.27. The summed E-state index contributed by atoms with van der Waals surface area (Å²) in [4.78, 5) is 78.7. The first kappa shape index (κ1) is 66.4. The van der Waals surface area contributed by atoms with Gasteiger partial charge < -0.3 is 37.0 Å². The van der Waals surface area contributed by atoms with Crippen LogP contribution in [-0.2, 0) is 33.6 Å². The number of rotatable bonds is 44. The van der Waals surface area contributed by atoms with Gasteiger partial charge in [0, 0.05) is 39.0 Å². The van der Waals surface area contributed by atoms with Crippen molar-refractivity contribution in [2.45, 2.75) is 168 Å². The lowest BCUT2D eigenvalue weighted by molar-refractivity contribution is -0.143. The molecule has 67 heavy (non-hydrogen) atoms. The fourth-order valence-corrected chi connectivity index (χ4v) is 6.44. The van der Waals surface area contributed by atoms with Gasteiger partial charge in [-0.1, -0.05) is 127 Å². The molecule has 0 aliphatic carbocycles. The Labute approximate surface area is 401 Å². The molecule has 0 aliphatic rings. The molecule has 9 N–H and O–H groups in total. The van der Waals surface area contributed by atoms with E-state index in [2.05, 4.69) is 62.5 Å². The SMILES string of the molecule is CCCCC/C=C\C/C=C\CCCCCCCC(N)=O.CCCCC/C=C\C/C=C\CCCCCCCC(N)=O.O=C(O)CN(CCN(CC(=O)O)CC(=O)O)CCN(CC(=O)O)CC(=O)O. The number of carboxylic acids is 5. The van der Waals surface area contributed by atoms with Crippen LogP contribution >= 0.6 is 0 Å². The van der Waals surface area contributed by atoms with Crippen molar-refractivity contribution in [3.8, 4) is 0 Å². The number of nitrogens with two attached hydrogens (primary N) is 2. The molecule has 0 radical (unpaired) electrons. The number of unbranched alkanes of at least 4 members (excludes halogenated alkanes) is 16. The van der Waals surface area contributed by atoms with E-state index in [1.165, 1.54) is 108 Å². The van der Waals surface area contributed by atoms with E-state index in [4.69, 9.17) is 37.0 Å². The van der Waals surface area contributed by atoms with Gasteiger partial charge >= 0.3 is 29.8 Å². The zero-order chi connectivity index (χ0) is 50.8. The number of hydrogen-bond acceptors (Lipinski definition) is 10. The molecule has 0 saturated carbocycles. The van der Waals surface area contributed by atoms with Crippen molar-refractivity contribution in [2.24, 2.45) is 11.5 Å². The highest BCUT2D eigenvalue weighted by atomic mass is 16.4. The fourth-order valence-electron chi connectivity index (χ4n) is 6.44. The van der Waals surface area contributed by atoms with Gasteiger partial charge in [0.25, 0.3) is 0 Å². The highest BCUT2D eigenvalue weighted by Crippen LogP contribution is 2.09. The summed E-state index contributed by atoms with van der Waals surface area (Å²) in [5.74, 6) is -6.50. The number of amides is 2. The first-order valence-electron chi connectivity index (χ1n) is 24.5. The van der Waals surface area contributed by atoms with Crippen molar-refractivity contribution in [2.75, 3.05) is 58.9 Å². The minimum Gasteiger partial charge on any atom is -0.480 e. The van der Waals surface area contributed by atoms with Crippen molar-refractivity contribution < 1.29 is 59.1 Å². The molecule has 0 bridgehead atoms. The Kier molecular flexibility index (Phi) is 50.1. The van der Waals surface area contributed by atoms with E-state index in [-0.39, 0.29) is 38.0 Å². The maximum atomic E-state index is 11.0. The Balaban J connectivity index is -0.000000933. The number of nitrogens with zero attached hydrogens (tertiary/aromatic N) is 3. The van der Waals surface area contributed by atoms with E-state index in [1.807, 2.05) is 0 Å². The van der Waals surface area contributed by atoms with Crippen LogP contribution in [0.5, 0.6) is 0 Å². The summed E-state index contributed by atoms with van der Waals surface area (Å²) in [6.45, 7) is 1.75. The lowest BCUT2D eigenvalue weighted by atomic mass is 10.1. The second-order valence-corrected chi connectivity index (χ2v) is 16.6. The number of aliphatic carboxylic acids is 5. The van der Waals surface area contributed by atoms with Gasteiger partial charge in [0.2, 0.25) is 11.8 Å². The van der Waals surface area contributed by atoms with Gasteiger partial charge in [-0.3, -0.25) is 48.3 Å². The highest BCUT2D eigenvalue weighted by Gasteiger charge is 2.19. The average molecular weight is 952 g/mol. The zero-order valence-electron chi connectivity index (χ0n) is 41.0. The van der Waals surface area contributed by atoms with Gasteiger partial charge in [-0.05, 0) is 77.0 Å². The molecule has 0 fully saturated rings. The Morgan fingerprint density at radius 2 is 0.582 bits per heavy atom. The van der Waals surface area contributed by atoms with E-state index in [0.29, 0.717) is 12.8 Å². The molecule has 0 atom stereocenters. The van der Waals surface area contributed by atoms with Crippen LogP contribution in [0, 0.1) is 0 Å². The van der Waals surface area contributed by atoms with E-state index in [9.17, 15) is 33.6 Å². The minimum absolute atomic E-state index is 0.000836. The van der Waals surface area contributed by atoms with Crippen molar-refractivity contribution in [1.82, 2.24) is 14.7 Å². The van der Waals surface area contributed by atoms with Gasteiger partial charge in [-0.2, -0.15) is 0 Å². The molecule has 17 nitrogen and oxygen atoms in total. The van der Waals surface area contributed by atoms with Gasteiger partial charge in [-0.25, -0.2) is 0 Å². The molecule has 0 heterocycles. The third kappa shape index (κ3) is 61.1. The average Bonchev–Trinajstić information content (AvgIpc) is 3.23. The summed E-state index contributed by atoms with van der Waals surface area (Å²) in [6.07, 6.45) is 45.9. The van der Waals surface area contributed by atoms with Crippen LogP contribution in [0.4, 0.5) is 0 Å². The first-order chi connectivity index (χ1) is 32.0. The number of allylic oxidation sites excluding steroid dienone is 8. The number of primary amides is 2. The number of carbonyl (C=O) groups is 7. The summed E-state index contributed by atoms with van der Waals surface area (Å²) in [6, 6.07) is 0. The van der Waals surface area contributed by atoms with Gasteiger partial charge in [-0.15, -0.1) is 0 Å². The van der Waals surface area contributed by atoms with Crippen molar-refractivity contribution >= 4 is 41.7 Å². The monoisotopic (exact) mass is 952 g/mol. The smallest absolute Gasteiger partial charge is 0.317 e. The van der Waals surface area contributed by atoms with Crippen LogP contribution in [0.1, 0.15) is 168 Å². The van der Waals surface area contributed by atoms with Crippen LogP contribution in [-0.4, -0.2) is 141 Å². The van der Waals surface area contributed by atoms with E-state index >= 15 is 0 Å². The first-order valence-corrected chi connectivity index (χ1v) is 24.5. The lowest BCUT2D eigenvalue weighted by Crippen LogP contribution is -2.45. The predicted octanol–water partition coefficient (Wildman–Crippen LogP) is 7.89. The molecule has 386 valence electrons. The van der Waals surface area contributed by atoms with Crippen LogP contribution in [0.2, 0.25) is 0 Å². The molecule has 2 amide bonds. The van der Waals surface area contributed by atoms with E-state index in [0.717, 1.165) is 48.3 Å². The maximum absolute atomic E-state index is 11.0. The summed E-state index contributed by atoms with van der Waals surface area (Å²) in [7, 11) is 0. The van der Waals surface area contributed by atoms with Crippen LogP contribution in [0.3, 0.4) is 0 Å². The Hall–Kier alpha value is -4.87. The van der Waals surface area contributed by atoms with Crippen molar-refractivity contribution in [1.29, 1.82) is 0 Å². The number of carbonyl (C=O) groups excluding carboxylic acids is 2. The molecular weight excluding hydrogens is 863 g/mol. The fraction of sp³-hybridized carbons (Fsp3) is 0.700. The third-order valence-electron chi connectivity index (χ3n) is 10.0. The van der Waals surface area contributed by atoms with Crippen LogP contribution in [0.15, 0.2) is 48.6 Å². The molecule has 0 aromatic rings. The molecule has 17 heteroatoms. The molecule has 0 spiro atoms. The third-order valence-corrected chi connectivity index (χ3v) is 10.0. The Morgan fingerprint density at radius 1 is 0.343 bits per heavy atom. The van der Waals surface area contributed by atoms with Gasteiger partial charge in [0.15, 0.2) is 0 Å². The molecule has 0 rings (SSSR count). The number of hydrogen-bond donors (Lipinski definition) is 7. The molecule has 0 aromatic heterocycles. The van der Waals surface area contributed by atoms with E-state index < -0.39 is 62.6 Å². The standard InChI is InChI=1S/2C18H33NO.C14H23N3O10/c2*1-2-3-4-5-6-7-8-9-10-11-12-13-14-15-16-17-18(19)20;18-10(19)5-15(1-3-16(6-11(20)21)7-12(22)23)2-4-17(8-13(24)25)9-14(26)27/h2*6-7,9-10H,2-5,8,11-17H2,1H3,(H2,19,20);1-9H2,(H,18,19)(H,20,21)(H,22,23)(H,24,25)(H,26,27)/b2*7-6-,10-9-;. The summed E-state index contributed by atoms with van der Waals surface area (Å²) in [5.41, 5.74) is 10.2. The summed E-state index contributed by atoms with van der Waals surface area (Å²) < 4.78 is 0. The van der Waals surface area contributed by atoms with Crippen molar-refractivity contribution in [3.63, 3.8) is 0 Å². The van der Waals surface area contributed by atoms with Crippen molar-refractivity contribution in [3.05, 3.63) is 48.6 Å². The summed E-state index contributed by atoms with van der Waals surface area (Å²) >= 11 is 0. The topological polar surface area (TPSA) is 282 Å². The maximum Gasteiger partial charge on any atom is 0.317 e. The van der Waals surface area contributed by atoms with Gasteiger partial charge in [0.05, 0.1) is 32.7 Å². The van der Waals surface area contributed by atoms with Crippen LogP contribution in [0.25, 0.3) is 0 Å². The summed E-state index contributed by atoms with van der Waals surface area (Å²) in [5, 5.41) is 44.1. The molecular formula is C50H89N5O12. The molecule has 0 aromatic carbocycles. The predicted molar refractivity (Wildman–Crippen MR) is 265 cm³/mol. The Morgan fingerprint density at radius 3 is 0.851 bits per heavy atom. The number of carboxylic acid groups (broad SMARTS) is 5. The molecule has 0 unspecified atom stereocenters. The van der Waals surface area contributed by atoms with Crippen LogP contribution < -0.4 is 11.5 Å². The second-order valence-electron chi connectivity index (χ2n) is 16.6. The molecule has 0 saturated heterocycles.